The quantitative estimate of drug-likeness (QED) is 0.784. The van der Waals surface area contributed by atoms with Crippen LogP contribution >= 0.6 is 0 Å². The second kappa shape index (κ2) is 7.65. The lowest BCUT2D eigenvalue weighted by Gasteiger charge is -2.30. The lowest BCUT2D eigenvalue weighted by molar-refractivity contribution is 0.00680. The van der Waals surface area contributed by atoms with Crippen molar-refractivity contribution in [3.8, 4) is 5.75 Å². The zero-order chi connectivity index (χ0) is 15.2. The molecular formula is C17H29NO2. The summed E-state index contributed by atoms with van der Waals surface area (Å²) in [5.41, 5.74) is 2.44. The van der Waals surface area contributed by atoms with Gasteiger partial charge < -0.3 is 14.8 Å². The third-order valence-corrected chi connectivity index (χ3v) is 3.74. The van der Waals surface area contributed by atoms with Gasteiger partial charge in [-0.1, -0.05) is 13.0 Å². The highest BCUT2D eigenvalue weighted by Gasteiger charge is 2.24. The van der Waals surface area contributed by atoms with Gasteiger partial charge >= 0.3 is 0 Å². The molecule has 0 heterocycles. The number of methoxy groups -OCH3 is 2. The van der Waals surface area contributed by atoms with Gasteiger partial charge in [-0.2, -0.15) is 0 Å². The molecule has 0 saturated carbocycles. The summed E-state index contributed by atoms with van der Waals surface area (Å²) in [6, 6.07) is 6.59. The summed E-state index contributed by atoms with van der Waals surface area (Å²) in [7, 11) is 3.48. The van der Waals surface area contributed by atoms with Crippen molar-refractivity contribution >= 4 is 0 Å². The van der Waals surface area contributed by atoms with Crippen molar-refractivity contribution in [1.82, 2.24) is 5.32 Å². The normalized spacial score (nSPS) is 13.3. The summed E-state index contributed by atoms with van der Waals surface area (Å²) >= 11 is 0. The molecule has 0 bridgehead atoms. The largest absolute Gasteiger partial charge is 0.497 e. The highest BCUT2D eigenvalue weighted by molar-refractivity contribution is 5.36. The molecule has 3 nitrogen and oxygen atoms in total. The lowest BCUT2D eigenvalue weighted by atomic mass is 9.91. The number of aryl methyl sites for hydroxylation is 1. The van der Waals surface area contributed by atoms with Crippen LogP contribution in [0.15, 0.2) is 18.2 Å². The van der Waals surface area contributed by atoms with E-state index in [4.69, 9.17) is 9.47 Å². The van der Waals surface area contributed by atoms with Crippen LogP contribution in [0.1, 0.15) is 50.8 Å². The van der Waals surface area contributed by atoms with Crippen molar-refractivity contribution in [1.29, 1.82) is 0 Å². The maximum absolute atomic E-state index is 5.59. The Hall–Kier alpha value is -1.06. The van der Waals surface area contributed by atoms with Gasteiger partial charge in [-0.05, 0) is 63.4 Å². The third-order valence-electron chi connectivity index (χ3n) is 3.74. The van der Waals surface area contributed by atoms with E-state index in [2.05, 4.69) is 45.1 Å². The van der Waals surface area contributed by atoms with Gasteiger partial charge in [-0.15, -0.1) is 0 Å². The first-order valence-electron chi connectivity index (χ1n) is 7.36. The maximum atomic E-state index is 5.59. The molecular weight excluding hydrogens is 250 g/mol. The van der Waals surface area contributed by atoms with Gasteiger partial charge in [0.15, 0.2) is 0 Å². The van der Waals surface area contributed by atoms with E-state index in [9.17, 15) is 0 Å². The Balaban J connectivity index is 2.97. The van der Waals surface area contributed by atoms with Gasteiger partial charge in [0.25, 0.3) is 0 Å². The maximum Gasteiger partial charge on any atom is 0.119 e. The third kappa shape index (κ3) is 4.80. The molecule has 0 amide bonds. The monoisotopic (exact) mass is 279 g/mol. The second-order valence-corrected chi connectivity index (χ2v) is 5.90. The fraction of sp³-hybridized carbons (Fsp3) is 0.647. The number of nitrogens with one attached hydrogen (secondary N) is 1. The Kier molecular flexibility index (Phi) is 6.50. The highest BCUT2D eigenvalue weighted by Crippen LogP contribution is 2.29. The van der Waals surface area contributed by atoms with Gasteiger partial charge in [0.1, 0.15) is 5.75 Å². The smallest absolute Gasteiger partial charge is 0.119 e. The summed E-state index contributed by atoms with van der Waals surface area (Å²) in [4.78, 5) is 0. The summed E-state index contributed by atoms with van der Waals surface area (Å²) in [5, 5.41) is 3.63. The molecule has 0 aliphatic heterocycles. The van der Waals surface area contributed by atoms with Crippen molar-refractivity contribution in [3.05, 3.63) is 29.3 Å². The minimum absolute atomic E-state index is 0.141. The van der Waals surface area contributed by atoms with Crippen LogP contribution in [0.5, 0.6) is 5.75 Å². The zero-order valence-electron chi connectivity index (χ0n) is 13.7. The Morgan fingerprint density at radius 1 is 1.25 bits per heavy atom. The number of hydrogen-bond acceptors (Lipinski definition) is 3. The van der Waals surface area contributed by atoms with Gasteiger partial charge in [-0.3, -0.25) is 0 Å². The van der Waals surface area contributed by atoms with E-state index >= 15 is 0 Å². The van der Waals surface area contributed by atoms with E-state index in [1.54, 1.807) is 14.2 Å². The summed E-state index contributed by atoms with van der Waals surface area (Å²) in [6.45, 7) is 9.60. The predicted molar refractivity (Wildman–Crippen MR) is 84.5 cm³/mol. The van der Waals surface area contributed by atoms with Crippen LogP contribution in [0.3, 0.4) is 0 Å². The van der Waals surface area contributed by atoms with Gasteiger partial charge in [0, 0.05) is 13.2 Å². The van der Waals surface area contributed by atoms with Crippen LogP contribution in [0.2, 0.25) is 0 Å². The van der Waals surface area contributed by atoms with Crippen molar-refractivity contribution in [3.63, 3.8) is 0 Å². The van der Waals surface area contributed by atoms with Crippen LogP contribution < -0.4 is 10.1 Å². The van der Waals surface area contributed by atoms with Crippen molar-refractivity contribution in [2.24, 2.45) is 0 Å². The fourth-order valence-corrected chi connectivity index (χ4v) is 2.35. The molecule has 0 saturated heterocycles. The van der Waals surface area contributed by atoms with Crippen LogP contribution in [-0.2, 0) is 4.74 Å². The Labute approximate surface area is 123 Å². The van der Waals surface area contributed by atoms with E-state index in [0.29, 0.717) is 6.04 Å². The van der Waals surface area contributed by atoms with Crippen molar-refractivity contribution < 1.29 is 9.47 Å². The SMILES string of the molecule is CCCNC(CC(C)(C)OC)c1ccc(OC)cc1C. The van der Waals surface area contributed by atoms with E-state index in [0.717, 1.165) is 25.1 Å². The van der Waals surface area contributed by atoms with E-state index in [-0.39, 0.29) is 5.60 Å². The number of rotatable bonds is 8. The van der Waals surface area contributed by atoms with Crippen molar-refractivity contribution in [2.45, 2.75) is 52.2 Å². The van der Waals surface area contributed by atoms with Gasteiger partial charge in [-0.25, -0.2) is 0 Å². The predicted octanol–water partition coefficient (Wildman–Crippen LogP) is 3.86. The Morgan fingerprint density at radius 2 is 1.95 bits per heavy atom. The topological polar surface area (TPSA) is 30.5 Å². The molecule has 1 aromatic carbocycles. The molecule has 0 aliphatic rings. The molecule has 1 unspecified atom stereocenters. The molecule has 1 aromatic rings. The molecule has 3 heteroatoms. The second-order valence-electron chi connectivity index (χ2n) is 5.90. The van der Waals surface area contributed by atoms with Crippen LogP contribution in [0.4, 0.5) is 0 Å². The zero-order valence-corrected chi connectivity index (χ0v) is 13.7. The Morgan fingerprint density at radius 3 is 2.45 bits per heavy atom. The summed E-state index contributed by atoms with van der Waals surface area (Å²) in [5.74, 6) is 0.909. The molecule has 1 atom stereocenters. The number of benzene rings is 1. The van der Waals surface area contributed by atoms with Crippen LogP contribution in [-0.4, -0.2) is 26.4 Å². The van der Waals surface area contributed by atoms with E-state index in [1.165, 1.54) is 11.1 Å². The van der Waals surface area contributed by atoms with Crippen LogP contribution in [0.25, 0.3) is 0 Å². The first kappa shape index (κ1) is 17.0. The molecule has 0 aromatic heterocycles. The first-order chi connectivity index (χ1) is 9.43. The number of ether oxygens (including phenoxy) is 2. The molecule has 114 valence electrons. The summed E-state index contributed by atoms with van der Waals surface area (Å²) in [6.07, 6.45) is 2.07. The minimum atomic E-state index is -0.141. The van der Waals surface area contributed by atoms with Crippen molar-refractivity contribution in [2.75, 3.05) is 20.8 Å². The molecule has 0 fully saturated rings. The molecule has 20 heavy (non-hydrogen) atoms. The average Bonchev–Trinajstić information content (AvgIpc) is 2.43. The standard InChI is InChI=1S/C17H29NO2/c1-7-10-18-16(12-17(3,4)20-6)15-9-8-14(19-5)11-13(15)2/h8-9,11,16,18H,7,10,12H2,1-6H3. The molecule has 0 spiro atoms. The van der Waals surface area contributed by atoms with E-state index < -0.39 is 0 Å². The van der Waals surface area contributed by atoms with Gasteiger partial charge in [0.05, 0.1) is 12.7 Å². The average molecular weight is 279 g/mol. The van der Waals surface area contributed by atoms with Crippen LogP contribution in [0, 0.1) is 6.92 Å². The van der Waals surface area contributed by atoms with E-state index in [1.807, 2.05) is 6.07 Å². The Bertz CT molecular complexity index is 415. The number of hydrogen-bond donors (Lipinski definition) is 1. The molecule has 0 radical (unpaired) electrons. The summed E-state index contributed by atoms with van der Waals surface area (Å²) < 4.78 is 10.9. The molecule has 1 N–H and O–H groups in total. The molecule has 0 aliphatic carbocycles. The minimum Gasteiger partial charge on any atom is -0.497 e. The fourth-order valence-electron chi connectivity index (χ4n) is 2.35. The highest BCUT2D eigenvalue weighted by atomic mass is 16.5. The molecule has 1 rings (SSSR count). The van der Waals surface area contributed by atoms with Gasteiger partial charge in [0.2, 0.25) is 0 Å². The first-order valence-corrected chi connectivity index (χ1v) is 7.36. The lowest BCUT2D eigenvalue weighted by Crippen LogP contribution is -2.32.